The van der Waals surface area contributed by atoms with Crippen LogP contribution in [0.15, 0.2) is 101 Å². The van der Waals surface area contributed by atoms with E-state index in [1.165, 1.54) is 16.5 Å². The first-order valence-corrected chi connectivity index (χ1v) is 11.3. The number of aromatic nitrogens is 2. The minimum atomic E-state index is 0.886. The van der Waals surface area contributed by atoms with Gasteiger partial charge >= 0.3 is 0 Å². The van der Waals surface area contributed by atoms with Crippen LogP contribution in [0.3, 0.4) is 0 Å². The van der Waals surface area contributed by atoms with Gasteiger partial charge in [-0.05, 0) is 56.3 Å². The average molecular weight is 427 g/mol. The Kier molecular flexibility index (Phi) is 3.68. The third-order valence-electron chi connectivity index (χ3n) is 6.68. The monoisotopic (exact) mass is 426 g/mol. The van der Waals surface area contributed by atoms with Gasteiger partial charge in [-0.1, -0.05) is 65.7 Å². The van der Waals surface area contributed by atoms with Gasteiger partial charge in [0.2, 0.25) is 5.71 Å². The van der Waals surface area contributed by atoms with Crippen molar-refractivity contribution < 1.29 is 4.42 Å². The molecule has 0 spiro atoms. The third kappa shape index (κ3) is 2.50. The molecule has 3 heterocycles. The molecule has 7 aromatic rings. The second-order valence-corrected chi connectivity index (χ2v) is 8.84. The Morgan fingerprint density at radius 3 is 1.70 bits per heavy atom. The van der Waals surface area contributed by atoms with Crippen LogP contribution in [0.4, 0.5) is 0 Å². The number of fused-ring (bicyclic) bond motifs is 7. The first-order valence-electron chi connectivity index (χ1n) is 11.3. The molecule has 33 heavy (non-hydrogen) atoms. The molecule has 0 amide bonds. The van der Waals surface area contributed by atoms with Gasteiger partial charge in [-0.25, -0.2) is 0 Å². The Morgan fingerprint density at radius 2 is 1.06 bits per heavy atom. The molecular weight excluding hydrogens is 404 g/mol. The fourth-order valence-corrected chi connectivity index (χ4v) is 5.09. The van der Waals surface area contributed by atoms with Gasteiger partial charge in [-0.2, -0.15) is 0 Å². The Bertz CT molecular complexity index is 1810. The minimum Gasteiger partial charge on any atom is -0.437 e. The van der Waals surface area contributed by atoms with Gasteiger partial charge in [0.05, 0.1) is 16.4 Å². The number of furan rings is 1. The average Bonchev–Trinajstić information content (AvgIpc) is 3.46. The highest BCUT2D eigenvalue weighted by Gasteiger charge is 2.25. The zero-order valence-electron chi connectivity index (χ0n) is 18.5. The zero-order chi connectivity index (χ0) is 22.1. The van der Waals surface area contributed by atoms with E-state index in [4.69, 9.17) is 4.42 Å². The fourth-order valence-electron chi connectivity index (χ4n) is 5.09. The lowest BCUT2D eigenvalue weighted by Gasteiger charge is -2.07. The quantitative estimate of drug-likeness (QED) is 0.274. The van der Waals surface area contributed by atoms with Gasteiger partial charge in [-0.15, -0.1) is 0 Å². The van der Waals surface area contributed by atoms with Gasteiger partial charge in [0.1, 0.15) is 5.52 Å². The second-order valence-electron chi connectivity index (χ2n) is 8.84. The first kappa shape index (κ1) is 18.3. The van der Waals surface area contributed by atoms with Gasteiger partial charge < -0.3 is 8.98 Å². The number of rotatable bonds is 2. The summed E-state index contributed by atoms with van der Waals surface area (Å²) in [6.45, 7) is 4.24. The number of hydrogen-bond acceptors (Lipinski definition) is 1. The van der Waals surface area contributed by atoms with Crippen molar-refractivity contribution in [2.75, 3.05) is 0 Å². The van der Waals surface area contributed by atoms with Crippen LogP contribution in [0.1, 0.15) is 11.1 Å². The maximum absolute atomic E-state index is 6.73. The predicted molar refractivity (Wildman–Crippen MR) is 137 cm³/mol. The van der Waals surface area contributed by atoms with Crippen LogP contribution in [0.25, 0.3) is 55.4 Å². The Balaban J connectivity index is 1.71. The summed E-state index contributed by atoms with van der Waals surface area (Å²) < 4.78 is 11.3. The van der Waals surface area contributed by atoms with Crippen molar-refractivity contribution in [3.63, 3.8) is 0 Å². The smallest absolute Gasteiger partial charge is 0.215 e. The highest BCUT2D eigenvalue weighted by atomic mass is 16.3. The zero-order valence-corrected chi connectivity index (χ0v) is 18.5. The number of aryl methyl sites for hydroxylation is 2. The lowest BCUT2D eigenvalue weighted by molar-refractivity contribution is 0.649. The molecule has 3 heteroatoms. The van der Waals surface area contributed by atoms with Crippen LogP contribution in [-0.4, -0.2) is 9.13 Å². The number of para-hydroxylation sites is 2. The molecule has 3 aromatic heterocycles. The van der Waals surface area contributed by atoms with E-state index in [0.29, 0.717) is 0 Å². The summed E-state index contributed by atoms with van der Waals surface area (Å²) in [6, 6.07) is 34.5. The predicted octanol–water partition coefficient (Wildman–Crippen LogP) is 8.09. The molecule has 0 saturated heterocycles. The van der Waals surface area contributed by atoms with E-state index in [9.17, 15) is 0 Å². The summed E-state index contributed by atoms with van der Waals surface area (Å²) in [5.41, 5.74) is 9.99. The van der Waals surface area contributed by atoms with E-state index >= 15 is 0 Å². The normalized spacial score (nSPS) is 11.9. The summed E-state index contributed by atoms with van der Waals surface area (Å²) in [4.78, 5) is 0. The number of benzene rings is 4. The summed E-state index contributed by atoms with van der Waals surface area (Å²) in [7, 11) is 0. The minimum absolute atomic E-state index is 0.886. The first-order chi connectivity index (χ1) is 16.2. The SMILES string of the molecule is Cc1ccc(-n2c3ccccc3c3c2oc2c4ccccc4n(-c4ccc(C)cc4)c23)cc1. The molecule has 0 saturated carbocycles. The van der Waals surface area contributed by atoms with Crippen molar-refractivity contribution in [2.24, 2.45) is 0 Å². The topological polar surface area (TPSA) is 23.0 Å². The van der Waals surface area contributed by atoms with E-state index in [0.717, 1.165) is 50.0 Å². The van der Waals surface area contributed by atoms with E-state index in [1.807, 2.05) is 0 Å². The molecule has 0 bridgehead atoms. The standard InChI is InChI=1S/C30H22N2O/c1-19-11-15-21(16-12-19)31-26-10-6-4-8-24(26)29-28(31)27-23-7-3-5-9-25(23)32(30(27)33-29)22-17-13-20(2)14-18-22/h3-18H,1-2H3. The van der Waals surface area contributed by atoms with Crippen LogP contribution in [0.2, 0.25) is 0 Å². The molecule has 158 valence electrons. The van der Waals surface area contributed by atoms with Crippen LogP contribution in [0.5, 0.6) is 0 Å². The highest BCUT2D eigenvalue weighted by molar-refractivity contribution is 6.24. The van der Waals surface area contributed by atoms with Crippen molar-refractivity contribution in [1.29, 1.82) is 0 Å². The summed E-state index contributed by atoms with van der Waals surface area (Å²) in [6.07, 6.45) is 0. The molecule has 0 aliphatic carbocycles. The van der Waals surface area contributed by atoms with E-state index in [1.54, 1.807) is 0 Å². The summed E-state index contributed by atoms with van der Waals surface area (Å²) >= 11 is 0. The van der Waals surface area contributed by atoms with Crippen molar-refractivity contribution in [3.05, 3.63) is 108 Å². The van der Waals surface area contributed by atoms with Crippen molar-refractivity contribution in [1.82, 2.24) is 9.13 Å². The van der Waals surface area contributed by atoms with Gasteiger partial charge in [0, 0.05) is 22.1 Å². The van der Waals surface area contributed by atoms with Crippen molar-refractivity contribution >= 4 is 44.0 Å². The highest BCUT2D eigenvalue weighted by Crippen LogP contribution is 2.43. The Morgan fingerprint density at radius 1 is 0.545 bits per heavy atom. The fraction of sp³-hybridized carbons (Fsp3) is 0.0667. The molecule has 3 nitrogen and oxygen atoms in total. The molecule has 0 N–H and O–H groups in total. The van der Waals surface area contributed by atoms with Crippen LogP contribution in [0, 0.1) is 13.8 Å². The molecule has 4 aromatic carbocycles. The third-order valence-corrected chi connectivity index (χ3v) is 6.68. The van der Waals surface area contributed by atoms with Gasteiger partial charge in [0.15, 0.2) is 5.58 Å². The van der Waals surface area contributed by atoms with Crippen molar-refractivity contribution in [3.8, 4) is 11.4 Å². The Labute approximate surface area is 191 Å². The maximum Gasteiger partial charge on any atom is 0.215 e. The van der Waals surface area contributed by atoms with E-state index in [-0.39, 0.29) is 0 Å². The van der Waals surface area contributed by atoms with Gasteiger partial charge in [0.25, 0.3) is 0 Å². The molecule has 0 aliphatic heterocycles. The molecule has 0 fully saturated rings. The number of nitrogens with zero attached hydrogens (tertiary/aromatic N) is 2. The molecule has 7 rings (SSSR count). The lowest BCUT2D eigenvalue weighted by atomic mass is 10.2. The Hall–Kier alpha value is -4.24. The van der Waals surface area contributed by atoms with Gasteiger partial charge in [-0.3, -0.25) is 4.57 Å². The molecule has 0 aliphatic rings. The second kappa shape index (κ2) is 6.63. The lowest BCUT2D eigenvalue weighted by Crippen LogP contribution is -1.93. The largest absolute Gasteiger partial charge is 0.437 e. The maximum atomic E-state index is 6.73. The number of hydrogen-bond donors (Lipinski definition) is 0. The van der Waals surface area contributed by atoms with Crippen LogP contribution in [-0.2, 0) is 0 Å². The summed E-state index contributed by atoms with van der Waals surface area (Å²) in [5, 5.41) is 3.48. The van der Waals surface area contributed by atoms with Crippen molar-refractivity contribution in [2.45, 2.75) is 13.8 Å². The summed E-state index contributed by atoms with van der Waals surface area (Å²) in [5.74, 6) is 0. The van der Waals surface area contributed by atoms with E-state index in [2.05, 4.69) is 120 Å². The molecule has 0 atom stereocenters. The molecular formula is C30H22N2O. The van der Waals surface area contributed by atoms with E-state index < -0.39 is 0 Å². The van der Waals surface area contributed by atoms with Crippen LogP contribution >= 0.6 is 0 Å². The van der Waals surface area contributed by atoms with Crippen LogP contribution < -0.4 is 0 Å². The molecule has 0 unspecified atom stereocenters. The molecule has 0 radical (unpaired) electrons.